The maximum absolute atomic E-state index is 13.2. The fraction of sp³-hybridized carbons (Fsp3) is 0.294. The van der Waals surface area contributed by atoms with Crippen LogP contribution >= 0.6 is 0 Å². The molecule has 0 atom stereocenters. The normalized spacial score (nSPS) is 14.3. The highest BCUT2D eigenvalue weighted by atomic mass is 16.1. The molecule has 2 N–H and O–H groups in total. The Bertz CT molecular complexity index is 1370. The molecular weight excluding hydrogens is 494 g/mol. The van der Waals surface area contributed by atoms with E-state index in [1.807, 2.05) is 60.7 Å². The summed E-state index contributed by atoms with van der Waals surface area (Å²) in [5.74, 6) is -0.107. The highest BCUT2D eigenvalue weighted by molar-refractivity contribution is 6.24. The number of ketones is 1. The van der Waals surface area contributed by atoms with Gasteiger partial charge in [-0.1, -0.05) is 18.2 Å². The Balaban J connectivity index is 1.63. The minimum Gasteiger partial charge on any atom is -0.369 e. The van der Waals surface area contributed by atoms with Crippen LogP contribution in [0.4, 0.5) is 28.4 Å². The van der Waals surface area contributed by atoms with E-state index in [-0.39, 0.29) is 5.78 Å². The van der Waals surface area contributed by atoms with Gasteiger partial charge in [0.05, 0.1) is 22.8 Å². The standard InChI is InChI=1S/C34H41N5O/c1-7-38(24(3)4)29-18-14-27(15-19-29)36-31-22-33(34(40)23-32(31)35-26-12-10-9-11-13-26)37-28-16-20-30(21-17-28)39(8-2)25(5)6/h9-25,35,37H,7-8H2,1-6H3/b36-31-. The summed E-state index contributed by atoms with van der Waals surface area (Å²) in [5.41, 5.74) is 6.72. The Labute approximate surface area is 239 Å². The third-order valence-electron chi connectivity index (χ3n) is 6.99. The molecule has 0 saturated heterocycles. The van der Waals surface area contributed by atoms with Gasteiger partial charge in [-0.15, -0.1) is 0 Å². The molecule has 4 rings (SSSR count). The summed E-state index contributed by atoms with van der Waals surface area (Å²) in [7, 11) is 0. The molecule has 0 radical (unpaired) electrons. The van der Waals surface area contributed by atoms with E-state index < -0.39 is 0 Å². The number of benzene rings is 3. The first-order valence-corrected chi connectivity index (χ1v) is 14.2. The van der Waals surface area contributed by atoms with Gasteiger partial charge < -0.3 is 20.4 Å². The van der Waals surface area contributed by atoms with E-state index in [0.29, 0.717) is 29.2 Å². The number of carbonyl (C=O) groups is 1. The van der Waals surface area contributed by atoms with Crippen LogP contribution in [0.15, 0.2) is 107 Å². The van der Waals surface area contributed by atoms with Crippen LogP contribution in [-0.2, 0) is 4.79 Å². The molecule has 0 amide bonds. The minimum atomic E-state index is -0.107. The van der Waals surface area contributed by atoms with Crippen molar-refractivity contribution in [2.75, 3.05) is 33.5 Å². The zero-order valence-electron chi connectivity index (χ0n) is 24.5. The van der Waals surface area contributed by atoms with E-state index in [2.05, 4.69) is 86.2 Å². The second-order valence-corrected chi connectivity index (χ2v) is 10.4. The summed E-state index contributed by atoms with van der Waals surface area (Å²) in [6.45, 7) is 15.0. The van der Waals surface area contributed by atoms with Crippen molar-refractivity contribution in [1.29, 1.82) is 0 Å². The fourth-order valence-corrected chi connectivity index (χ4v) is 4.98. The monoisotopic (exact) mass is 535 g/mol. The Morgan fingerprint density at radius 2 is 1.15 bits per heavy atom. The topological polar surface area (TPSA) is 60.0 Å². The van der Waals surface area contributed by atoms with Crippen LogP contribution in [0, 0.1) is 0 Å². The zero-order chi connectivity index (χ0) is 28.6. The largest absolute Gasteiger partial charge is 0.369 e. The summed E-state index contributed by atoms with van der Waals surface area (Å²) in [4.78, 5) is 22.8. The molecule has 0 heterocycles. The van der Waals surface area contributed by atoms with Crippen molar-refractivity contribution < 1.29 is 4.79 Å². The average Bonchev–Trinajstić information content (AvgIpc) is 2.94. The van der Waals surface area contributed by atoms with Crippen molar-refractivity contribution in [2.45, 2.75) is 53.6 Å². The predicted molar refractivity (Wildman–Crippen MR) is 171 cm³/mol. The summed E-state index contributed by atoms with van der Waals surface area (Å²) in [6.07, 6.45) is 3.44. The Kier molecular flexibility index (Phi) is 9.43. The lowest BCUT2D eigenvalue weighted by Gasteiger charge is -2.27. The molecule has 6 nitrogen and oxygen atoms in total. The molecule has 0 saturated carbocycles. The number of aliphatic imine (C=N–C) groups is 1. The summed E-state index contributed by atoms with van der Waals surface area (Å²) < 4.78 is 0. The van der Waals surface area contributed by atoms with Crippen molar-refractivity contribution in [3.63, 3.8) is 0 Å². The van der Waals surface area contributed by atoms with Crippen molar-refractivity contribution in [3.05, 3.63) is 102 Å². The molecule has 1 aliphatic rings. The lowest BCUT2D eigenvalue weighted by Crippen LogP contribution is -2.30. The third kappa shape index (κ3) is 7.00. The van der Waals surface area contributed by atoms with E-state index in [1.165, 1.54) is 5.69 Å². The first-order chi connectivity index (χ1) is 19.3. The van der Waals surface area contributed by atoms with E-state index >= 15 is 0 Å². The van der Waals surface area contributed by atoms with Gasteiger partial charge >= 0.3 is 0 Å². The number of nitrogens with one attached hydrogen (secondary N) is 2. The summed E-state index contributed by atoms with van der Waals surface area (Å²) in [6, 6.07) is 27.1. The van der Waals surface area contributed by atoms with Crippen molar-refractivity contribution >= 4 is 39.9 Å². The van der Waals surface area contributed by atoms with Gasteiger partial charge in [-0.05, 0) is 108 Å². The molecule has 3 aromatic carbocycles. The first kappa shape index (κ1) is 28.7. The van der Waals surface area contributed by atoms with Crippen LogP contribution in [-0.4, -0.2) is 36.7 Å². The Morgan fingerprint density at radius 3 is 1.68 bits per heavy atom. The van der Waals surface area contributed by atoms with Gasteiger partial charge in [0.25, 0.3) is 0 Å². The number of nitrogens with zero attached hydrogens (tertiary/aromatic N) is 3. The molecular formula is C34H41N5O. The molecule has 6 heteroatoms. The number of hydrogen-bond acceptors (Lipinski definition) is 6. The predicted octanol–water partition coefficient (Wildman–Crippen LogP) is 7.80. The average molecular weight is 536 g/mol. The second-order valence-electron chi connectivity index (χ2n) is 10.4. The number of anilines is 4. The lowest BCUT2D eigenvalue weighted by molar-refractivity contribution is -0.111. The quantitative estimate of drug-likeness (QED) is 0.245. The Hall–Kier alpha value is -4.32. The lowest BCUT2D eigenvalue weighted by atomic mass is 10.0. The highest BCUT2D eigenvalue weighted by Gasteiger charge is 2.20. The molecule has 1 aliphatic carbocycles. The van der Waals surface area contributed by atoms with Gasteiger partial charge in [-0.3, -0.25) is 4.79 Å². The molecule has 0 aliphatic heterocycles. The number of rotatable bonds is 11. The zero-order valence-corrected chi connectivity index (χ0v) is 24.5. The second kappa shape index (κ2) is 13.2. The molecule has 0 spiro atoms. The van der Waals surface area contributed by atoms with Crippen molar-refractivity contribution in [3.8, 4) is 0 Å². The van der Waals surface area contributed by atoms with Crippen LogP contribution < -0.4 is 20.4 Å². The van der Waals surface area contributed by atoms with Crippen LogP contribution in [0.25, 0.3) is 0 Å². The summed E-state index contributed by atoms with van der Waals surface area (Å²) in [5, 5.41) is 6.70. The number of hydrogen-bond donors (Lipinski definition) is 2. The molecule has 0 fully saturated rings. The van der Waals surface area contributed by atoms with E-state index in [4.69, 9.17) is 4.99 Å². The Morgan fingerprint density at radius 1 is 0.650 bits per heavy atom. The smallest absolute Gasteiger partial charge is 0.204 e. The fourth-order valence-electron chi connectivity index (χ4n) is 4.98. The van der Waals surface area contributed by atoms with Crippen LogP contribution in [0.1, 0.15) is 41.5 Å². The maximum atomic E-state index is 13.2. The van der Waals surface area contributed by atoms with Gasteiger partial charge in [0.15, 0.2) is 0 Å². The van der Waals surface area contributed by atoms with Crippen LogP contribution in [0.3, 0.4) is 0 Å². The molecule has 0 unspecified atom stereocenters. The number of allylic oxidation sites excluding steroid dienone is 2. The van der Waals surface area contributed by atoms with Gasteiger partial charge in [-0.25, -0.2) is 4.99 Å². The SMILES string of the molecule is CCN(c1ccc(/N=C2/C=C(Nc3ccc(N(CC)C(C)C)cc3)C(=O)C=C2Nc2ccccc2)cc1)C(C)C. The first-order valence-electron chi connectivity index (χ1n) is 14.2. The van der Waals surface area contributed by atoms with E-state index in [1.54, 1.807) is 6.08 Å². The minimum absolute atomic E-state index is 0.107. The van der Waals surface area contributed by atoms with Gasteiger partial charge in [0.2, 0.25) is 5.78 Å². The molecule has 40 heavy (non-hydrogen) atoms. The third-order valence-corrected chi connectivity index (χ3v) is 6.99. The van der Waals surface area contributed by atoms with Gasteiger partial charge in [0.1, 0.15) is 0 Å². The number of carbonyl (C=O) groups excluding carboxylic acids is 1. The molecule has 3 aromatic rings. The molecule has 0 aromatic heterocycles. The van der Waals surface area contributed by atoms with Crippen LogP contribution in [0.5, 0.6) is 0 Å². The highest BCUT2D eigenvalue weighted by Crippen LogP contribution is 2.26. The van der Waals surface area contributed by atoms with Crippen molar-refractivity contribution in [1.82, 2.24) is 0 Å². The van der Waals surface area contributed by atoms with E-state index in [0.717, 1.165) is 35.8 Å². The maximum Gasteiger partial charge on any atom is 0.204 e. The van der Waals surface area contributed by atoms with Gasteiger partial charge in [-0.2, -0.15) is 0 Å². The van der Waals surface area contributed by atoms with E-state index in [9.17, 15) is 4.79 Å². The van der Waals surface area contributed by atoms with Gasteiger partial charge in [0, 0.05) is 54.0 Å². The van der Waals surface area contributed by atoms with Crippen LogP contribution in [0.2, 0.25) is 0 Å². The molecule has 0 bridgehead atoms. The van der Waals surface area contributed by atoms with Crippen molar-refractivity contribution in [2.24, 2.45) is 4.99 Å². The number of para-hydroxylation sites is 1. The summed E-state index contributed by atoms with van der Waals surface area (Å²) >= 11 is 0. The molecule has 208 valence electrons.